The first-order chi connectivity index (χ1) is 7.62. The van der Waals surface area contributed by atoms with Crippen molar-refractivity contribution in [1.82, 2.24) is 5.32 Å². The van der Waals surface area contributed by atoms with Crippen LogP contribution < -0.4 is 5.32 Å². The first-order valence-electron chi connectivity index (χ1n) is 7.36. The second-order valence-electron chi connectivity index (χ2n) is 6.78. The largest absolute Gasteiger partial charge is 0.314 e. The lowest BCUT2D eigenvalue weighted by Gasteiger charge is -2.44. The van der Waals surface area contributed by atoms with Gasteiger partial charge in [0.05, 0.1) is 0 Å². The number of hydrogen-bond donors (Lipinski definition) is 1. The van der Waals surface area contributed by atoms with Crippen LogP contribution in [0.2, 0.25) is 0 Å². The van der Waals surface area contributed by atoms with E-state index in [1.54, 1.807) is 0 Å². The highest BCUT2D eigenvalue weighted by molar-refractivity contribution is 4.91. The maximum Gasteiger partial charge on any atom is 0.0123 e. The van der Waals surface area contributed by atoms with Gasteiger partial charge in [-0.3, -0.25) is 0 Å². The highest BCUT2D eigenvalue weighted by atomic mass is 14.9. The molecular weight excluding hydrogens is 194 g/mol. The molecule has 2 aliphatic rings. The molecule has 2 aliphatic carbocycles. The molecule has 0 bridgehead atoms. The summed E-state index contributed by atoms with van der Waals surface area (Å²) in [5.74, 6) is 1.98. The quantitative estimate of drug-likeness (QED) is 0.760. The van der Waals surface area contributed by atoms with Crippen molar-refractivity contribution in [3.8, 4) is 0 Å². The van der Waals surface area contributed by atoms with E-state index in [1.807, 2.05) is 0 Å². The van der Waals surface area contributed by atoms with E-state index in [9.17, 15) is 0 Å². The van der Waals surface area contributed by atoms with Gasteiger partial charge < -0.3 is 5.32 Å². The van der Waals surface area contributed by atoms with Gasteiger partial charge in [-0.05, 0) is 62.3 Å². The van der Waals surface area contributed by atoms with Gasteiger partial charge in [-0.15, -0.1) is 0 Å². The normalized spacial score (nSPS) is 28.7. The van der Waals surface area contributed by atoms with Crippen LogP contribution in [-0.4, -0.2) is 12.6 Å². The molecule has 2 fully saturated rings. The van der Waals surface area contributed by atoms with Crippen LogP contribution in [0.15, 0.2) is 0 Å². The smallest absolute Gasteiger partial charge is 0.0123 e. The van der Waals surface area contributed by atoms with Gasteiger partial charge in [0.1, 0.15) is 0 Å². The Morgan fingerprint density at radius 3 is 2.06 bits per heavy atom. The molecule has 1 heteroatoms. The van der Waals surface area contributed by atoms with E-state index in [1.165, 1.54) is 44.9 Å². The van der Waals surface area contributed by atoms with Gasteiger partial charge in [0, 0.05) is 6.04 Å². The van der Waals surface area contributed by atoms with Crippen LogP contribution in [0.25, 0.3) is 0 Å². The molecule has 1 N–H and O–H groups in total. The summed E-state index contributed by atoms with van der Waals surface area (Å²) < 4.78 is 0. The van der Waals surface area contributed by atoms with Gasteiger partial charge in [0.15, 0.2) is 0 Å². The van der Waals surface area contributed by atoms with Crippen LogP contribution >= 0.6 is 0 Å². The maximum absolute atomic E-state index is 3.78. The predicted molar refractivity (Wildman–Crippen MR) is 70.5 cm³/mol. The third-order valence-electron chi connectivity index (χ3n) is 4.99. The zero-order valence-corrected chi connectivity index (χ0v) is 11.4. The molecule has 0 aliphatic heterocycles. The molecule has 0 aromatic heterocycles. The fourth-order valence-electron chi connectivity index (χ4n) is 3.53. The fraction of sp³-hybridized carbons (Fsp3) is 1.00. The van der Waals surface area contributed by atoms with Crippen LogP contribution in [0.1, 0.15) is 65.7 Å². The minimum atomic E-state index is 0.618. The Morgan fingerprint density at radius 2 is 1.62 bits per heavy atom. The molecule has 0 amide bonds. The SMILES string of the molecule is CCNC(C1CCC1)C1CCC(C)(C)CC1. The Morgan fingerprint density at radius 1 is 1.06 bits per heavy atom. The molecule has 0 aromatic rings. The van der Waals surface area contributed by atoms with Gasteiger partial charge in [-0.1, -0.05) is 27.2 Å². The minimum Gasteiger partial charge on any atom is -0.314 e. The van der Waals surface area contributed by atoms with E-state index in [0.717, 1.165) is 24.4 Å². The summed E-state index contributed by atoms with van der Waals surface area (Å²) in [7, 11) is 0. The van der Waals surface area contributed by atoms with E-state index < -0.39 is 0 Å². The standard InChI is InChI=1S/C15H29N/c1-4-16-14(12-6-5-7-12)13-8-10-15(2,3)11-9-13/h12-14,16H,4-11H2,1-3H3. The molecule has 0 heterocycles. The molecule has 16 heavy (non-hydrogen) atoms. The lowest BCUT2D eigenvalue weighted by Crippen LogP contribution is -2.46. The Kier molecular flexibility index (Phi) is 3.94. The summed E-state index contributed by atoms with van der Waals surface area (Å²) in [4.78, 5) is 0. The second kappa shape index (κ2) is 5.08. The average molecular weight is 223 g/mol. The van der Waals surface area contributed by atoms with Crippen molar-refractivity contribution in [2.45, 2.75) is 71.8 Å². The number of hydrogen-bond acceptors (Lipinski definition) is 1. The third kappa shape index (κ3) is 2.80. The lowest BCUT2D eigenvalue weighted by atomic mass is 9.66. The van der Waals surface area contributed by atoms with Gasteiger partial charge >= 0.3 is 0 Å². The average Bonchev–Trinajstić information content (AvgIpc) is 2.14. The van der Waals surface area contributed by atoms with E-state index in [2.05, 4.69) is 26.1 Å². The van der Waals surface area contributed by atoms with Crippen molar-refractivity contribution < 1.29 is 0 Å². The maximum atomic E-state index is 3.78. The molecule has 0 radical (unpaired) electrons. The third-order valence-corrected chi connectivity index (χ3v) is 4.99. The highest BCUT2D eigenvalue weighted by Gasteiger charge is 2.36. The Labute approximate surface area is 101 Å². The highest BCUT2D eigenvalue weighted by Crippen LogP contribution is 2.43. The molecule has 2 saturated carbocycles. The molecule has 2 rings (SSSR count). The number of rotatable bonds is 4. The minimum absolute atomic E-state index is 0.618. The zero-order chi connectivity index (χ0) is 11.6. The molecular formula is C15H29N. The monoisotopic (exact) mass is 223 g/mol. The Hall–Kier alpha value is -0.0400. The van der Waals surface area contributed by atoms with E-state index >= 15 is 0 Å². The van der Waals surface area contributed by atoms with Crippen molar-refractivity contribution in [3.05, 3.63) is 0 Å². The molecule has 1 nitrogen and oxygen atoms in total. The van der Waals surface area contributed by atoms with Crippen molar-refractivity contribution in [3.63, 3.8) is 0 Å². The van der Waals surface area contributed by atoms with Crippen LogP contribution in [0, 0.1) is 17.3 Å². The fourth-order valence-corrected chi connectivity index (χ4v) is 3.53. The van der Waals surface area contributed by atoms with Crippen LogP contribution in [-0.2, 0) is 0 Å². The number of nitrogens with one attached hydrogen (secondary N) is 1. The molecule has 94 valence electrons. The zero-order valence-electron chi connectivity index (χ0n) is 11.4. The van der Waals surface area contributed by atoms with Crippen molar-refractivity contribution in [1.29, 1.82) is 0 Å². The van der Waals surface area contributed by atoms with Crippen molar-refractivity contribution >= 4 is 0 Å². The molecule has 1 unspecified atom stereocenters. The van der Waals surface area contributed by atoms with E-state index in [-0.39, 0.29) is 0 Å². The Balaban J connectivity index is 1.88. The molecule has 0 spiro atoms. The van der Waals surface area contributed by atoms with E-state index in [0.29, 0.717) is 5.41 Å². The van der Waals surface area contributed by atoms with Crippen LogP contribution in [0.5, 0.6) is 0 Å². The Bertz CT molecular complexity index is 207. The summed E-state index contributed by atoms with van der Waals surface area (Å²) in [5.41, 5.74) is 0.618. The summed E-state index contributed by atoms with van der Waals surface area (Å²) in [6, 6.07) is 0.842. The molecule has 0 aromatic carbocycles. The molecule has 1 atom stereocenters. The first-order valence-corrected chi connectivity index (χ1v) is 7.36. The summed E-state index contributed by atoms with van der Waals surface area (Å²) in [6.45, 7) is 8.29. The second-order valence-corrected chi connectivity index (χ2v) is 6.78. The summed E-state index contributed by atoms with van der Waals surface area (Å²) >= 11 is 0. The van der Waals surface area contributed by atoms with Crippen LogP contribution in [0.3, 0.4) is 0 Å². The predicted octanol–water partition coefficient (Wildman–Crippen LogP) is 3.98. The first kappa shape index (κ1) is 12.4. The summed E-state index contributed by atoms with van der Waals surface area (Å²) in [5, 5.41) is 3.78. The van der Waals surface area contributed by atoms with Crippen molar-refractivity contribution in [2.75, 3.05) is 6.54 Å². The lowest BCUT2D eigenvalue weighted by molar-refractivity contribution is 0.107. The van der Waals surface area contributed by atoms with E-state index in [4.69, 9.17) is 0 Å². The van der Waals surface area contributed by atoms with Gasteiger partial charge in [0.2, 0.25) is 0 Å². The topological polar surface area (TPSA) is 12.0 Å². The summed E-state index contributed by atoms with van der Waals surface area (Å²) in [6.07, 6.45) is 10.2. The van der Waals surface area contributed by atoms with Gasteiger partial charge in [-0.2, -0.15) is 0 Å². The molecule has 0 saturated heterocycles. The van der Waals surface area contributed by atoms with Crippen molar-refractivity contribution in [2.24, 2.45) is 17.3 Å². The van der Waals surface area contributed by atoms with Gasteiger partial charge in [-0.25, -0.2) is 0 Å². The van der Waals surface area contributed by atoms with Gasteiger partial charge in [0.25, 0.3) is 0 Å². The van der Waals surface area contributed by atoms with Crippen LogP contribution in [0.4, 0.5) is 0 Å².